The van der Waals surface area contributed by atoms with E-state index in [-0.39, 0.29) is 10.8 Å². The van der Waals surface area contributed by atoms with Crippen LogP contribution < -0.4 is 4.74 Å². The van der Waals surface area contributed by atoms with E-state index in [2.05, 4.69) is 53.4 Å². The molecule has 3 nitrogen and oxygen atoms in total. The molecular formula is C28H30N2O. The third-order valence-electron chi connectivity index (χ3n) is 8.86. The summed E-state index contributed by atoms with van der Waals surface area (Å²) in [5, 5.41) is 1.29. The van der Waals surface area contributed by atoms with Crippen LogP contribution >= 0.6 is 0 Å². The third kappa shape index (κ3) is 2.59. The minimum atomic E-state index is 0.194. The molecule has 31 heavy (non-hydrogen) atoms. The molecule has 7 rings (SSSR count). The number of piperidine rings is 1. The molecular weight excluding hydrogens is 380 g/mol. The van der Waals surface area contributed by atoms with Crippen LogP contribution in [-0.4, -0.2) is 36.6 Å². The first-order valence-electron chi connectivity index (χ1n) is 12.0. The number of fused-ring (bicyclic) bond motifs is 3. The summed E-state index contributed by atoms with van der Waals surface area (Å²) in [6, 6.07) is 17.9. The Hall–Kier alpha value is -2.39. The van der Waals surface area contributed by atoms with Crippen molar-refractivity contribution < 1.29 is 4.74 Å². The number of aromatic nitrogens is 1. The van der Waals surface area contributed by atoms with Gasteiger partial charge in [-0.2, -0.15) is 0 Å². The molecule has 3 heteroatoms. The molecule has 1 aromatic heterocycles. The number of hydrogen-bond donors (Lipinski definition) is 0. The Morgan fingerprint density at radius 1 is 1.03 bits per heavy atom. The van der Waals surface area contributed by atoms with Crippen molar-refractivity contribution in [1.29, 1.82) is 0 Å². The second kappa shape index (κ2) is 6.32. The Bertz CT molecular complexity index is 1200. The highest BCUT2D eigenvalue weighted by Gasteiger charge is 2.61. The maximum atomic E-state index is 5.68. The standard InChI is InChI=1S/C28H30N2O/c1-31-23-9-8-21-14-27-15-22-12-20-4-2-3-5-25(20)29-26(22)16-28(27,24(21)13-23)10-11-30(18-27)17-19-6-7-19/h2-5,8-9,12-13,19H,6-7,10-11,14-18H2,1H3. The zero-order chi connectivity index (χ0) is 20.6. The van der Waals surface area contributed by atoms with Gasteiger partial charge < -0.3 is 9.64 Å². The SMILES string of the molecule is COc1ccc2c(c1)C13CCN(CC4CC4)CC1(C2)Cc1cc2ccccc2nc1C3. The summed E-state index contributed by atoms with van der Waals surface area (Å²) in [5.74, 6) is 1.95. The minimum Gasteiger partial charge on any atom is -0.497 e. The molecule has 158 valence electrons. The smallest absolute Gasteiger partial charge is 0.119 e. The van der Waals surface area contributed by atoms with Gasteiger partial charge in [0.2, 0.25) is 0 Å². The van der Waals surface area contributed by atoms with E-state index in [9.17, 15) is 0 Å². The number of rotatable bonds is 3. The zero-order valence-electron chi connectivity index (χ0n) is 18.4. The van der Waals surface area contributed by atoms with E-state index >= 15 is 0 Å². The van der Waals surface area contributed by atoms with Crippen LogP contribution in [0.4, 0.5) is 0 Å². The van der Waals surface area contributed by atoms with Gasteiger partial charge in [-0.05, 0) is 85.5 Å². The predicted octanol–water partition coefficient (Wildman–Crippen LogP) is 4.94. The Morgan fingerprint density at radius 3 is 2.77 bits per heavy atom. The summed E-state index contributed by atoms with van der Waals surface area (Å²) in [5.41, 5.74) is 7.54. The van der Waals surface area contributed by atoms with Crippen LogP contribution in [-0.2, 0) is 24.7 Å². The average molecular weight is 411 g/mol. The number of methoxy groups -OCH3 is 1. The number of ether oxygens (including phenoxy) is 1. The summed E-state index contributed by atoms with van der Waals surface area (Å²) in [7, 11) is 1.80. The molecule has 3 aliphatic carbocycles. The Labute approximate surface area is 184 Å². The zero-order valence-corrected chi connectivity index (χ0v) is 18.4. The highest BCUT2D eigenvalue weighted by Crippen LogP contribution is 2.62. The number of para-hydroxylation sites is 1. The van der Waals surface area contributed by atoms with Gasteiger partial charge >= 0.3 is 0 Å². The van der Waals surface area contributed by atoms with Gasteiger partial charge in [0.1, 0.15) is 5.75 Å². The molecule has 3 aromatic rings. The quantitative estimate of drug-likeness (QED) is 0.612. The van der Waals surface area contributed by atoms with E-state index < -0.39 is 0 Å². The fourth-order valence-electron chi connectivity index (χ4n) is 7.20. The molecule has 0 N–H and O–H groups in total. The highest BCUT2D eigenvalue weighted by molar-refractivity contribution is 5.79. The molecule has 0 spiro atoms. The molecule has 4 aliphatic rings. The molecule has 2 fully saturated rings. The highest BCUT2D eigenvalue weighted by atomic mass is 16.5. The lowest BCUT2D eigenvalue weighted by molar-refractivity contribution is 0.00133. The van der Waals surface area contributed by atoms with Gasteiger partial charge in [-0.3, -0.25) is 4.98 Å². The van der Waals surface area contributed by atoms with Crippen molar-refractivity contribution in [3.63, 3.8) is 0 Å². The first-order chi connectivity index (χ1) is 15.2. The number of hydrogen-bond acceptors (Lipinski definition) is 3. The van der Waals surface area contributed by atoms with Crippen molar-refractivity contribution in [3.8, 4) is 5.75 Å². The van der Waals surface area contributed by atoms with Crippen molar-refractivity contribution in [2.24, 2.45) is 11.3 Å². The van der Waals surface area contributed by atoms with Crippen molar-refractivity contribution in [1.82, 2.24) is 9.88 Å². The molecule has 1 saturated heterocycles. The topological polar surface area (TPSA) is 25.4 Å². The largest absolute Gasteiger partial charge is 0.497 e. The number of likely N-dealkylation sites (tertiary alicyclic amines) is 1. The number of benzene rings is 2. The van der Waals surface area contributed by atoms with Crippen LogP contribution in [0.5, 0.6) is 5.75 Å². The maximum absolute atomic E-state index is 5.68. The summed E-state index contributed by atoms with van der Waals surface area (Å²) in [6.45, 7) is 3.75. The second-order valence-electron chi connectivity index (χ2n) is 10.6. The third-order valence-corrected chi connectivity index (χ3v) is 8.86. The van der Waals surface area contributed by atoms with Crippen LogP contribution in [0.2, 0.25) is 0 Å². The molecule has 1 aliphatic heterocycles. The second-order valence-corrected chi connectivity index (χ2v) is 10.6. The van der Waals surface area contributed by atoms with Gasteiger partial charge in [-0.15, -0.1) is 0 Å². The van der Waals surface area contributed by atoms with Crippen LogP contribution in [0.3, 0.4) is 0 Å². The van der Waals surface area contributed by atoms with Crippen molar-refractivity contribution in [3.05, 3.63) is 70.9 Å². The molecule has 2 heterocycles. The molecule has 2 aromatic carbocycles. The predicted molar refractivity (Wildman–Crippen MR) is 124 cm³/mol. The molecule has 0 radical (unpaired) electrons. The Balaban J connectivity index is 1.39. The molecule has 0 amide bonds. The lowest BCUT2D eigenvalue weighted by Gasteiger charge is -2.56. The van der Waals surface area contributed by atoms with Gasteiger partial charge in [0.05, 0.1) is 12.6 Å². The number of nitrogens with zero attached hydrogens (tertiary/aromatic N) is 2. The Morgan fingerprint density at radius 2 is 1.90 bits per heavy atom. The summed E-state index contributed by atoms with van der Waals surface area (Å²) < 4.78 is 5.68. The van der Waals surface area contributed by atoms with Gasteiger partial charge in [0.15, 0.2) is 0 Å². The van der Waals surface area contributed by atoms with Crippen molar-refractivity contribution in [2.45, 2.75) is 43.9 Å². The van der Waals surface area contributed by atoms with Crippen LogP contribution in [0.1, 0.15) is 41.6 Å². The first-order valence-corrected chi connectivity index (χ1v) is 12.0. The number of pyridine rings is 1. The van der Waals surface area contributed by atoms with Gasteiger partial charge in [-0.1, -0.05) is 24.3 Å². The molecule has 1 saturated carbocycles. The summed E-state index contributed by atoms with van der Waals surface area (Å²) in [6.07, 6.45) is 7.53. The summed E-state index contributed by atoms with van der Waals surface area (Å²) in [4.78, 5) is 8.01. The van der Waals surface area contributed by atoms with E-state index in [1.54, 1.807) is 18.2 Å². The maximum Gasteiger partial charge on any atom is 0.119 e. The van der Waals surface area contributed by atoms with E-state index in [4.69, 9.17) is 9.72 Å². The minimum absolute atomic E-state index is 0.194. The van der Waals surface area contributed by atoms with E-state index in [0.717, 1.165) is 30.0 Å². The first kappa shape index (κ1) is 18.2. The van der Waals surface area contributed by atoms with Crippen LogP contribution in [0.15, 0.2) is 48.5 Å². The van der Waals surface area contributed by atoms with E-state index in [0.29, 0.717) is 0 Å². The summed E-state index contributed by atoms with van der Waals surface area (Å²) >= 11 is 0. The van der Waals surface area contributed by atoms with Crippen LogP contribution in [0.25, 0.3) is 10.9 Å². The van der Waals surface area contributed by atoms with Crippen LogP contribution in [0, 0.1) is 11.3 Å². The van der Waals surface area contributed by atoms with Gasteiger partial charge in [0, 0.05) is 41.4 Å². The lowest BCUT2D eigenvalue weighted by atomic mass is 9.52. The van der Waals surface area contributed by atoms with Crippen molar-refractivity contribution in [2.75, 3.05) is 26.7 Å². The van der Waals surface area contributed by atoms with E-state index in [1.165, 1.54) is 62.0 Å². The normalized spacial score (nSPS) is 29.2. The average Bonchev–Trinajstić information content (AvgIpc) is 3.55. The molecule has 2 unspecified atom stereocenters. The fraction of sp³-hybridized carbons (Fsp3) is 0.464. The fourth-order valence-corrected chi connectivity index (χ4v) is 7.20. The van der Waals surface area contributed by atoms with Gasteiger partial charge in [-0.25, -0.2) is 0 Å². The van der Waals surface area contributed by atoms with Gasteiger partial charge in [0.25, 0.3) is 0 Å². The van der Waals surface area contributed by atoms with E-state index in [1.807, 2.05) is 0 Å². The Kier molecular flexibility index (Phi) is 3.71. The lowest BCUT2D eigenvalue weighted by Crippen LogP contribution is -2.60. The molecule has 2 atom stereocenters. The molecule has 0 bridgehead atoms. The monoisotopic (exact) mass is 410 g/mol. The van der Waals surface area contributed by atoms with Crippen molar-refractivity contribution >= 4 is 10.9 Å².